The molecular formula is C14H12F2O2. The van der Waals surface area contributed by atoms with Crippen LogP contribution in [0.3, 0.4) is 0 Å². The number of halogens is 2. The van der Waals surface area contributed by atoms with Gasteiger partial charge >= 0.3 is 0 Å². The third-order valence-electron chi connectivity index (χ3n) is 2.45. The van der Waals surface area contributed by atoms with Gasteiger partial charge < -0.3 is 9.47 Å². The van der Waals surface area contributed by atoms with Crippen molar-refractivity contribution in [2.24, 2.45) is 0 Å². The Labute approximate surface area is 104 Å². The van der Waals surface area contributed by atoms with Crippen LogP contribution in [0.25, 0.3) is 0 Å². The highest BCUT2D eigenvalue weighted by Crippen LogP contribution is 2.20. The Morgan fingerprint density at radius 1 is 0.944 bits per heavy atom. The van der Waals surface area contributed by atoms with Crippen LogP contribution >= 0.6 is 0 Å². The fourth-order valence-electron chi connectivity index (χ4n) is 1.52. The first-order valence-corrected chi connectivity index (χ1v) is 5.40. The molecule has 0 aliphatic heterocycles. The van der Waals surface area contributed by atoms with Gasteiger partial charge in [-0.3, -0.25) is 0 Å². The molecular weight excluding hydrogens is 238 g/mol. The largest absolute Gasteiger partial charge is 0.494 e. The molecule has 0 aliphatic rings. The van der Waals surface area contributed by atoms with E-state index in [-0.39, 0.29) is 18.1 Å². The summed E-state index contributed by atoms with van der Waals surface area (Å²) in [5.41, 5.74) is 0.608. The van der Waals surface area contributed by atoms with Gasteiger partial charge in [0.15, 0.2) is 23.1 Å². The first-order chi connectivity index (χ1) is 8.70. The van der Waals surface area contributed by atoms with Crippen LogP contribution in [0.1, 0.15) is 5.56 Å². The summed E-state index contributed by atoms with van der Waals surface area (Å²) >= 11 is 0. The van der Waals surface area contributed by atoms with E-state index in [9.17, 15) is 8.78 Å². The lowest BCUT2D eigenvalue weighted by Gasteiger charge is -2.08. The predicted octanol–water partition coefficient (Wildman–Crippen LogP) is 3.55. The zero-order valence-electron chi connectivity index (χ0n) is 9.82. The van der Waals surface area contributed by atoms with Gasteiger partial charge in [0.1, 0.15) is 6.61 Å². The van der Waals surface area contributed by atoms with Gasteiger partial charge in [0.25, 0.3) is 0 Å². The molecule has 0 unspecified atom stereocenters. The number of ether oxygens (including phenoxy) is 2. The van der Waals surface area contributed by atoms with Gasteiger partial charge in [-0.25, -0.2) is 8.78 Å². The van der Waals surface area contributed by atoms with Crippen LogP contribution in [0.5, 0.6) is 11.5 Å². The second kappa shape index (κ2) is 5.49. The molecule has 0 atom stereocenters. The molecule has 2 rings (SSSR count). The average molecular weight is 250 g/mol. The molecule has 0 amide bonds. The second-order valence-electron chi connectivity index (χ2n) is 3.69. The number of benzene rings is 2. The first-order valence-electron chi connectivity index (χ1n) is 5.40. The van der Waals surface area contributed by atoms with Gasteiger partial charge in [0.2, 0.25) is 0 Å². The SMILES string of the molecule is COc1ccc(COc2ccccc2F)cc1F. The van der Waals surface area contributed by atoms with E-state index >= 15 is 0 Å². The molecule has 0 saturated heterocycles. The van der Waals surface area contributed by atoms with E-state index in [1.54, 1.807) is 18.2 Å². The van der Waals surface area contributed by atoms with Crippen molar-refractivity contribution in [1.29, 1.82) is 0 Å². The lowest BCUT2D eigenvalue weighted by atomic mass is 10.2. The lowest BCUT2D eigenvalue weighted by molar-refractivity contribution is 0.289. The minimum atomic E-state index is -0.466. The van der Waals surface area contributed by atoms with Gasteiger partial charge in [-0.1, -0.05) is 18.2 Å². The molecule has 0 aromatic heterocycles. The minimum absolute atomic E-state index is 0.0991. The highest BCUT2D eigenvalue weighted by molar-refractivity contribution is 5.30. The van der Waals surface area contributed by atoms with Crippen molar-refractivity contribution in [1.82, 2.24) is 0 Å². The lowest BCUT2D eigenvalue weighted by Crippen LogP contribution is -1.98. The third kappa shape index (κ3) is 2.77. The Bertz CT molecular complexity index is 541. The molecule has 0 bridgehead atoms. The molecule has 0 radical (unpaired) electrons. The maximum atomic E-state index is 13.4. The van der Waals surface area contributed by atoms with E-state index in [1.165, 1.54) is 31.4 Å². The van der Waals surface area contributed by atoms with Crippen LogP contribution in [0.15, 0.2) is 42.5 Å². The van der Waals surface area contributed by atoms with E-state index in [0.29, 0.717) is 5.56 Å². The monoisotopic (exact) mass is 250 g/mol. The molecule has 0 fully saturated rings. The van der Waals surface area contributed by atoms with Crippen LogP contribution < -0.4 is 9.47 Å². The molecule has 94 valence electrons. The van der Waals surface area contributed by atoms with Crippen LogP contribution in [0, 0.1) is 11.6 Å². The van der Waals surface area contributed by atoms with Crippen molar-refractivity contribution in [3.8, 4) is 11.5 Å². The van der Waals surface area contributed by atoms with Crippen LogP contribution in [0.2, 0.25) is 0 Å². The zero-order valence-corrected chi connectivity index (χ0v) is 9.82. The van der Waals surface area contributed by atoms with Crippen molar-refractivity contribution in [2.75, 3.05) is 7.11 Å². The Morgan fingerprint density at radius 3 is 2.39 bits per heavy atom. The van der Waals surface area contributed by atoms with Crippen LogP contribution in [0.4, 0.5) is 8.78 Å². The predicted molar refractivity (Wildman–Crippen MR) is 63.7 cm³/mol. The van der Waals surface area contributed by atoms with Crippen molar-refractivity contribution in [2.45, 2.75) is 6.61 Å². The summed E-state index contributed by atoms with van der Waals surface area (Å²) in [6.07, 6.45) is 0. The van der Waals surface area contributed by atoms with Crippen molar-refractivity contribution >= 4 is 0 Å². The standard InChI is InChI=1S/C14H12F2O2/c1-17-13-7-6-10(8-12(13)16)9-18-14-5-3-2-4-11(14)15/h2-8H,9H2,1H3. The normalized spacial score (nSPS) is 10.2. The van der Waals surface area contributed by atoms with Crippen LogP contribution in [-0.2, 0) is 6.61 Å². The van der Waals surface area contributed by atoms with Crippen molar-refractivity contribution in [3.63, 3.8) is 0 Å². The van der Waals surface area contributed by atoms with E-state index in [4.69, 9.17) is 9.47 Å². The summed E-state index contributed by atoms with van der Waals surface area (Å²) < 4.78 is 36.7. The quantitative estimate of drug-likeness (QED) is 0.826. The number of hydrogen-bond donors (Lipinski definition) is 0. The molecule has 0 spiro atoms. The van der Waals surface area contributed by atoms with E-state index in [1.807, 2.05) is 0 Å². The Hall–Kier alpha value is -2.10. The maximum Gasteiger partial charge on any atom is 0.165 e. The maximum absolute atomic E-state index is 13.4. The van der Waals surface area contributed by atoms with Gasteiger partial charge in [-0.2, -0.15) is 0 Å². The average Bonchev–Trinajstić information content (AvgIpc) is 2.38. The summed E-state index contributed by atoms with van der Waals surface area (Å²) in [4.78, 5) is 0. The minimum Gasteiger partial charge on any atom is -0.494 e. The summed E-state index contributed by atoms with van der Waals surface area (Å²) in [7, 11) is 1.40. The smallest absolute Gasteiger partial charge is 0.165 e. The third-order valence-corrected chi connectivity index (χ3v) is 2.45. The number of rotatable bonds is 4. The van der Waals surface area contributed by atoms with E-state index in [0.717, 1.165) is 0 Å². The summed E-state index contributed by atoms with van der Waals surface area (Å²) in [5.74, 6) is -0.586. The topological polar surface area (TPSA) is 18.5 Å². The molecule has 0 N–H and O–H groups in total. The van der Waals surface area contributed by atoms with Crippen molar-refractivity contribution in [3.05, 3.63) is 59.7 Å². The van der Waals surface area contributed by atoms with Gasteiger partial charge in [0, 0.05) is 0 Å². The first kappa shape index (κ1) is 12.4. The van der Waals surface area contributed by atoms with E-state index in [2.05, 4.69) is 0 Å². The molecule has 2 nitrogen and oxygen atoms in total. The van der Waals surface area contributed by atoms with E-state index < -0.39 is 11.6 Å². The molecule has 2 aromatic rings. The zero-order chi connectivity index (χ0) is 13.0. The Balaban J connectivity index is 2.07. The summed E-state index contributed by atoms with van der Waals surface area (Å²) in [6, 6.07) is 10.6. The molecule has 2 aromatic carbocycles. The fourth-order valence-corrected chi connectivity index (χ4v) is 1.52. The summed E-state index contributed by atoms with van der Waals surface area (Å²) in [5, 5.41) is 0. The fraction of sp³-hybridized carbons (Fsp3) is 0.143. The Morgan fingerprint density at radius 2 is 1.72 bits per heavy atom. The van der Waals surface area contributed by atoms with Crippen LogP contribution in [-0.4, -0.2) is 7.11 Å². The number of methoxy groups -OCH3 is 1. The number of hydrogen-bond acceptors (Lipinski definition) is 2. The molecule has 0 heterocycles. The number of para-hydroxylation sites is 1. The molecule has 4 heteroatoms. The van der Waals surface area contributed by atoms with Gasteiger partial charge in [-0.05, 0) is 29.8 Å². The summed E-state index contributed by atoms with van der Waals surface area (Å²) in [6.45, 7) is 0.0991. The highest BCUT2D eigenvalue weighted by atomic mass is 19.1. The molecule has 18 heavy (non-hydrogen) atoms. The Kier molecular flexibility index (Phi) is 3.77. The second-order valence-corrected chi connectivity index (χ2v) is 3.69. The van der Waals surface area contributed by atoms with Gasteiger partial charge in [-0.15, -0.1) is 0 Å². The molecule has 0 aliphatic carbocycles. The van der Waals surface area contributed by atoms with Gasteiger partial charge in [0.05, 0.1) is 7.11 Å². The molecule has 0 saturated carbocycles. The highest BCUT2D eigenvalue weighted by Gasteiger charge is 2.05. The van der Waals surface area contributed by atoms with Crippen molar-refractivity contribution < 1.29 is 18.3 Å².